The molecule has 0 saturated carbocycles. The Morgan fingerprint density at radius 1 is 1.17 bits per heavy atom. The van der Waals surface area contributed by atoms with Gasteiger partial charge in [0.2, 0.25) is 0 Å². The Kier molecular flexibility index (Phi) is 4.23. The number of thioether (sulfide) groups is 1. The van der Waals surface area contributed by atoms with Crippen LogP contribution < -0.4 is 0 Å². The van der Waals surface area contributed by atoms with E-state index < -0.39 is 0 Å². The van der Waals surface area contributed by atoms with Gasteiger partial charge in [-0.3, -0.25) is 0 Å². The van der Waals surface area contributed by atoms with E-state index in [1.807, 2.05) is 24.3 Å². The minimum absolute atomic E-state index is 0.239. The molecule has 0 atom stereocenters. The van der Waals surface area contributed by atoms with Crippen molar-refractivity contribution in [2.24, 2.45) is 5.11 Å². The predicted molar refractivity (Wildman–Crippen MR) is 71.2 cm³/mol. The van der Waals surface area contributed by atoms with E-state index in [1.165, 1.54) is 23.9 Å². The molecule has 90 valence electrons. The number of rotatable bonds is 4. The van der Waals surface area contributed by atoms with Crippen molar-refractivity contribution in [1.82, 2.24) is 0 Å². The Morgan fingerprint density at radius 3 is 2.78 bits per heavy atom. The number of hydrogen-bond donors (Lipinski definition) is 0. The molecular formula is C13H10FN3S. The van der Waals surface area contributed by atoms with Crippen LogP contribution in [-0.2, 0) is 5.75 Å². The van der Waals surface area contributed by atoms with E-state index in [1.54, 1.807) is 12.1 Å². The van der Waals surface area contributed by atoms with Gasteiger partial charge in [0.25, 0.3) is 0 Å². The second kappa shape index (κ2) is 6.10. The predicted octanol–water partition coefficient (Wildman–Crippen LogP) is 5.06. The smallest absolute Gasteiger partial charge is 0.123 e. The van der Waals surface area contributed by atoms with E-state index in [0.717, 1.165) is 10.5 Å². The average molecular weight is 259 g/mol. The molecular weight excluding hydrogens is 249 g/mol. The van der Waals surface area contributed by atoms with Gasteiger partial charge in [-0.1, -0.05) is 35.4 Å². The van der Waals surface area contributed by atoms with E-state index in [0.29, 0.717) is 11.4 Å². The maximum absolute atomic E-state index is 13.0. The molecule has 0 N–H and O–H groups in total. The van der Waals surface area contributed by atoms with Gasteiger partial charge in [-0.15, -0.1) is 11.8 Å². The van der Waals surface area contributed by atoms with Gasteiger partial charge in [0.15, 0.2) is 0 Å². The molecule has 0 bridgehead atoms. The van der Waals surface area contributed by atoms with Crippen molar-refractivity contribution in [2.45, 2.75) is 10.6 Å². The van der Waals surface area contributed by atoms with Crippen molar-refractivity contribution in [1.29, 1.82) is 0 Å². The fraction of sp³-hybridized carbons (Fsp3) is 0.0769. The fourth-order valence-corrected chi connectivity index (χ4v) is 2.43. The molecule has 0 spiro atoms. The standard InChI is InChI=1S/C13H10FN3S/c14-11-5-3-4-10(8-11)9-18-13-7-2-1-6-12(13)16-17-15/h1-8H,9H2. The SMILES string of the molecule is [N-]=[N+]=Nc1ccccc1SCc1cccc(F)c1. The minimum Gasteiger partial charge on any atom is -0.207 e. The van der Waals surface area contributed by atoms with Crippen molar-refractivity contribution in [3.05, 3.63) is 70.4 Å². The first-order valence-electron chi connectivity index (χ1n) is 5.31. The lowest BCUT2D eigenvalue weighted by Crippen LogP contribution is -1.82. The Balaban J connectivity index is 2.13. The minimum atomic E-state index is -0.239. The fourth-order valence-electron chi connectivity index (χ4n) is 1.50. The van der Waals surface area contributed by atoms with Gasteiger partial charge in [-0.25, -0.2) is 4.39 Å². The molecule has 0 amide bonds. The summed E-state index contributed by atoms with van der Waals surface area (Å²) in [6, 6.07) is 13.8. The van der Waals surface area contributed by atoms with Gasteiger partial charge in [-0.2, -0.15) is 0 Å². The van der Waals surface area contributed by atoms with Crippen molar-refractivity contribution in [3.8, 4) is 0 Å². The Hall–Kier alpha value is -1.97. The highest BCUT2D eigenvalue weighted by atomic mass is 32.2. The molecule has 0 radical (unpaired) electrons. The summed E-state index contributed by atoms with van der Waals surface area (Å²) in [6.07, 6.45) is 0. The Morgan fingerprint density at radius 2 is 2.00 bits per heavy atom. The molecule has 0 aromatic heterocycles. The van der Waals surface area contributed by atoms with Crippen LogP contribution in [0.3, 0.4) is 0 Å². The molecule has 18 heavy (non-hydrogen) atoms. The first-order valence-corrected chi connectivity index (χ1v) is 6.29. The van der Waals surface area contributed by atoms with E-state index in [2.05, 4.69) is 10.0 Å². The third kappa shape index (κ3) is 3.26. The van der Waals surface area contributed by atoms with Crippen LogP contribution in [0.4, 0.5) is 10.1 Å². The summed E-state index contributed by atoms with van der Waals surface area (Å²) in [5.41, 5.74) is 9.96. The van der Waals surface area contributed by atoms with Crippen LogP contribution in [0, 0.1) is 5.82 Å². The first-order chi connectivity index (χ1) is 8.79. The second-order valence-corrected chi connectivity index (χ2v) is 4.59. The summed E-state index contributed by atoms with van der Waals surface area (Å²) in [5.74, 6) is 0.395. The highest BCUT2D eigenvalue weighted by Crippen LogP contribution is 2.31. The summed E-state index contributed by atoms with van der Waals surface area (Å²) in [5, 5.41) is 3.62. The van der Waals surface area contributed by atoms with Gasteiger partial charge in [-0.05, 0) is 29.3 Å². The summed E-state index contributed by atoms with van der Waals surface area (Å²) < 4.78 is 13.0. The highest BCUT2D eigenvalue weighted by molar-refractivity contribution is 7.98. The molecule has 2 aromatic rings. The molecule has 0 saturated heterocycles. The van der Waals surface area contributed by atoms with E-state index in [4.69, 9.17) is 5.53 Å². The zero-order valence-electron chi connectivity index (χ0n) is 9.45. The highest BCUT2D eigenvalue weighted by Gasteiger charge is 2.02. The number of halogens is 1. The molecule has 3 nitrogen and oxygen atoms in total. The molecule has 2 rings (SSSR count). The van der Waals surface area contributed by atoms with Crippen LogP contribution >= 0.6 is 11.8 Å². The zero-order valence-corrected chi connectivity index (χ0v) is 10.3. The van der Waals surface area contributed by atoms with Crippen LogP contribution in [0.2, 0.25) is 0 Å². The number of azide groups is 1. The Bertz CT molecular complexity index is 594. The van der Waals surface area contributed by atoms with E-state index >= 15 is 0 Å². The van der Waals surface area contributed by atoms with Gasteiger partial charge in [0.1, 0.15) is 5.82 Å². The lowest BCUT2D eigenvalue weighted by atomic mass is 10.2. The lowest BCUT2D eigenvalue weighted by molar-refractivity contribution is 0.626. The second-order valence-electron chi connectivity index (χ2n) is 3.58. The van der Waals surface area contributed by atoms with Crippen molar-refractivity contribution in [2.75, 3.05) is 0 Å². The van der Waals surface area contributed by atoms with Gasteiger partial charge < -0.3 is 0 Å². The molecule has 0 aliphatic heterocycles. The molecule has 0 fully saturated rings. The van der Waals surface area contributed by atoms with E-state index in [-0.39, 0.29) is 5.82 Å². The molecule has 2 aromatic carbocycles. The van der Waals surface area contributed by atoms with Gasteiger partial charge in [0, 0.05) is 15.6 Å². The summed E-state index contributed by atoms with van der Waals surface area (Å²) in [6.45, 7) is 0. The molecule has 0 aliphatic carbocycles. The van der Waals surface area contributed by atoms with Crippen molar-refractivity contribution >= 4 is 17.4 Å². The first kappa shape index (κ1) is 12.5. The van der Waals surface area contributed by atoms with Crippen LogP contribution in [0.1, 0.15) is 5.56 Å². The lowest BCUT2D eigenvalue weighted by Gasteiger charge is -2.04. The van der Waals surface area contributed by atoms with Crippen molar-refractivity contribution in [3.63, 3.8) is 0 Å². The van der Waals surface area contributed by atoms with Crippen LogP contribution in [0.25, 0.3) is 10.4 Å². The number of benzene rings is 2. The molecule has 0 aliphatic rings. The summed E-state index contributed by atoms with van der Waals surface area (Å²) in [7, 11) is 0. The van der Waals surface area contributed by atoms with Crippen LogP contribution in [-0.4, -0.2) is 0 Å². The van der Waals surface area contributed by atoms with E-state index in [9.17, 15) is 4.39 Å². The van der Waals surface area contributed by atoms with Gasteiger partial charge in [0.05, 0.1) is 5.69 Å². The largest absolute Gasteiger partial charge is 0.207 e. The normalized spacial score (nSPS) is 9.83. The molecule has 5 heteroatoms. The van der Waals surface area contributed by atoms with Gasteiger partial charge >= 0.3 is 0 Å². The van der Waals surface area contributed by atoms with Crippen LogP contribution in [0.5, 0.6) is 0 Å². The monoisotopic (exact) mass is 259 g/mol. The number of hydrogen-bond acceptors (Lipinski definition) is 2. The molecule has 0 unspecified atom stereocenters. The van der Waals surface area contributed by atoms with Crippen molar-refractivity contribution < 1.29 is 4.39 Å². The summed E-state index contributed by atoms with van der Waals surface area (Å²) >= 11 is 1.52. The van der Waals surface area contributed by atoms with Crippen LogP contribution in [0.15, 0.2) is 58.5 Å². The quantitative estimate of drug-likeness (QED) is 0.327. The molecule has 0 heterocycles. The maximum Gasteiger partial charge on any atom is 0.123 e. The average Bonchev–Trinajstić information content (AvgIpc) is 2.38. The third-order valence-electron chi connectivity index (χ3n) is 2.30. The zero-order chi connectivity index (χ0) is 12.8. The topological polar surface area (TPSA) is 48.8 Å². The number of nitrogens with zero attached hydrogens (tertiary/aromatic N) is 3. The third-order valence-corrected chi connectivity index (χ3v) is 3.43. The summed E-state index contributed by atoms with van der Waals surface area (Å²) in [4.78, 5) is 3.68. The maximum atomic E-state index is 13.0. The Labute approximate surface area is 108 Å².